The molecule has 0 aliphatic carbocycles. The molecule has 0 saturated carbocycles. The Balaban J connectivity index is 0.000000157. The van der Waals surface area contributed by atoms with Gasteiger partial charge in [0, 0.05) is 37.3 Å². The van der Waals surface area contributed by atoms with Crippen LogP contribution in [0.3, 0.4) is 0 Å². The summed E-state index contributed by atoms with van der Waals surface area (Å²) in [5.41, 5.74) is 9.79. The minimum atomic E-state index is -0.0158. The van der Waals surface area contributed by atoms with Crippen LogP contribution in [0.4, 0.5) is 0 Å². The molecule has 2 heterocycles. The smallest absolute Gasteiger partial charge is 0.142 e. The van der Waals surface area contributed by atoms with Gasteiger partial charge in [-0.2, -0.15) is 0 Å². The zero-order valence-electron chi connectivity index (χ0n) is 28.3. The summed E-state index contributed by atoms with van der Waals surface area (Å²) in [4.78, 5) is 4.66. The Hall–Kier alpha value is -4.20. The Labute approximate surface area is 312 Å². The first kappa shape index (κ1) is 34.3. The first-order valence-corrected chi connectivity index (χ1v) is 18.6. The molecule has 4 nitrogen and oxygen atoms in total. The molecule has 2 atom stereocenters. The molecule has 0 N–H and O–H groups in total. The van der Waals surface area contributed by atoms with Crippen LogP contribution in [0.5, 0.6) is 11.5 Å². The first-order chi connectivity index (χ1) is 24.4. The number of ether oxygens (including phenoxy) is 2. The highest BCUT2D eigenvalue weighted by Gasteiger charge is 2.25. The lowest BCUT2D eigenvalue weighted by molar-refractivity contribution is 0.147. The quantitative estimate of drug-likeness (QED) is 0.174. The van der Waals surface area contributed by atoms with Gasteiger partial charge in [-0.05, 0) is 91.5 Å². The van der Waals surface area contributed by atoms with Crippen molar-refractivity contribution >= 4 is 31.9 Å². The second-order valence-corrected chi connectivity index (χ2v) is 14.7. The van der Waals surface area contributed by atoms with E-state index in [1.54, 1.807) is 0 Å². The Morgan fingerprint density at radius 1 is 0.440 bits per heavy atom. The molecule has 6 aromatic carbocycles. The highest BCUT2D eigenvalue weighted by molar-refractivity contribution is 9.11. The van der Waals surface area contributed by atoms with E-state index in [1.165, 1.54) is 33.4 Å². The fraction of sp³-hybridized carbons (Fsp3) is 0.182. The van der Waals surface area contributed by atoms with E-state index in [2.05, 4.69) is 177 Å². The molecule has 0 fully saturated rings. The van der Waals surface area contributed by atoms with Gasteiger partial charge in [0.05, 0.1) is 8.95 Å². The van der Waals surface area contributed by atoms with Gasteiger partial charge in [-0.15, -0.1) is 0 Å². The fourth-order valence-electron chi connectivity index (χ4n) is 6.84. The molecule has 2 aliphatic heterocycles. The lowest BCUT2D eigenvalue weighted by Crippen LogP contribution is -2.26. The number of fused-ring (bicyclic) bond motifs is 6. The number of para-hydroxylation sites is 2. The summed E-state index contributed by atoms with van der Waals surface area (Å²) in [6.07, 6.45) is -0.0316. The van der Waals surface area contributed by atoms with Crippen molar-refractivity contribution in [1.82, 2.24) is 9.80 Å². The van der Waals surface area contributed by atoms with E-state index in [-0.39, 0.29) is 12.2 Å². The number of likely N-dealkylation sites (N-methyl/N-ethyl adjacent to an activating group) is 2. The van der Waals surface area contributed by atoms with E-state index in [0.29, 0.717) is 0 Å². The molecule has 6 aromatic rings. The maximum absolute atomic E-state index is 6.57. The molecule has 0 bridgehead atoms. The molecule has 0 saturated heterocycles. The molecule has 2 aliphatic rings. The van der Waals surface area contributed by atoms with Gasteiger partial charge in [0.25, 0.3) is 0 Å². The van der Waals surface area contributed by atoms with Crippen molar-refractivity contribution in [2.75, 3.05) is 27.2 Å². The highest BCUT2D eigenvalue weighted by Crippen LogP contribution is 2.43. The maximum atomic E-state index is 6.57. The normalized spacial score (nSPS) is 17.4. The van der Waals surface area contributed by atoms with Gasteiger partial charge in [-0.25, -0.2) is 0 Å². The number of rotatable bonds is 2. The molecule has 6 heteroatoms. The minimum absolute atomic E-state index is 0.0158. The summed E-state index contributed by atoms with van der Waals surface area (Å²) >= 11 is 7.39. The van der Waals surface area contributed by atoms with E-state index in [1.807, 2.05) is 24.3 Å². The molecule has 252 valence electrons. The third-order valence-electron chi connectivity index (χ3n) is 9.25. The van der Waals surface area contributed by atoms with Crippen LogP contribution in [-0.2, 0) is 13.1 Å². The van der Waals surface area contributed by atoms with Gasteiger partial charge in [0.1, 0.15) is 23.7 Å². The van der Waals surface area contributed by atoms with Crippen molar-refractivity contribution in [2.24, 2.45) is 0 Å². The van der Waals surface area contributed by atoms with Gasteiger partial charge < -0.3 is 9.47 Å². The third-order valence-corrected chi connectivity index (χ3v) is 10.5. The summed E-state index contributed by atoms with van der Waals surface area (Å²) in [6, 6.07) is 50.6. The van der Waals surface area contributed by atoms with E-state index < -0.39 is 0 Å². The van der Waals surface area contributed by atoms with Crippen molar-refractivity contribution in [2.45, 2.75) is 25.3 Å². The molecule has 0 unspecified atom stereocenters. The van der Waals surface area contributed by atoms with Gasteiger partial charge in [-0.1, -0.05) is 133 Å². The zero-order valence-corrected chi connectivity index (χ0v) is 31.5. The summed E-state index contributed by atoms with van der Waals surface area (Å²) in [7, 11) is 4.31. The summed E-state index contributed by atoms with van der Waals surface area (Å²) < 4.78 is 15.1. The van der Waals surface area contributed by atoms with E-state index >= 15 is 0 Å². The number of benzene rings is 6. The number of halogens is 2. The molecule has 0 amide bonds. The van der Waals surface area contributed by atoms with Crippen LogP contribution < -0.4 is 9.47 Å². The van der Waals surface area contributed by atoms with Crippen molar-refractivity contribution in [3.05, 3.63) is 177 Å². The Morgan fingerprint density at radius 3 is 1.22 bits per heavy atom. The summed E-state index contributed by atoms with van der Waals surface area (Å²) in [5.74, 6) is 1.83. The van der Waals surface area contributed by atoms with Crippen molar-refractivity contribution in [1.29, 1.82) is 0 Å². The van der Waals surface area contributed by atoms with Crippen LogP contribution in [0, 0.1) is 0 Å². The van der Waals surface area contributed by atoms with Crippen LogP contribution in [0.1, 0.15) is 34.5 Å². The molecule has 0 spiro atoms. The number of hydrogen-bond acceptors (Lipinski definition) is 4. The predicted octanol–water partition coefficient (Wildman–Crippen LogP) is 11.4. The van der Waals surface area contributed by atoms with Crippen molar-refractivity contribution in [3.8, 4) is 33.8 Å². The largest absolute Gasteiger partial charge is 0.483 e. The molecular formula is C44H40Br2N2O2. The Bertz CT molecular complexity index is 1900. The van der Waals surface area contributed by atoms with Crippen LogP contribution in [-0.4, -0.2) is 37.0 Å². The molecular weight excluding hydrogens is 748 g/mol. The fourth-order valence-corrected chi connectivity index (χ4v) is 7.76. The van der Waals surface area contributed by atoms with Gasteiger partial charge >= 0.3 is 0 Å². The highest BCUT2D eigenvalue weighted by atomic mass is 79.9. The summed E-state index contributed by atoms with van der Waals surface area (Å²) in [6.45, 7) is 3.46. The van der Waals surface area contributed by atoms with Gasteiger partial charge in [-0.3, -0.25) is 9.80 Å². The number of nitrogens with zero attached hydrogens (tertiary/aromatic N) is 2. The molecule has 0 radical (unpaired) electrons. The predicted molar refractivity (Wildman–Crippen MR) is 211 cm³/mol. The Morgan fingerprint density at radius 2 is 0.800 bits per heavy atom. The van der Waals surface area contributed by atoms with E-state index in [0.717, 1.165) is 57.8 Å². The molecule has 0 aromatic heterocycles. The average molecular weight is 789 g/mol. The Kier molecular flexibility index (Phi) is 10.8. The van der Waals surface area contributed by atoms with Gasteiger partial charge in [0.15, 0.2) is 0 Å². The van der Waals surface area contributed by atoms with E-state index in [9.17, 15) is 0 Å². The van der Waals surface area contributed by atoms with Crippen molar-refractivity contribution in [3.63, 3.8) is 0 Å². The minimum Gasteiger partial charge on any atom is -0.483 e. The van der Waals surface area contributed by atoms with Gasteiger partial charge in [0.2, 0.25) is 0 Å². The topological polar surface area (TPSA) is 24.9 Å². The van der Waals surface area contributed by atoms with E-state index in [4.69, 9.17) is 9.47 Å². The van der Waals surface area contributed by atoms with Crippen molar-refractivity contribution < 1.29 is 9.47 Å². The average Bonchev–Trinajstić information content (AvgIpc) is 3.24. The standard InChI is InChI=1S/2C22H20BrNO/c2*1-24-14-17-10-5-6-11-18(17)19-12-7-13-20(23)22(19)25-21(15-24)16-8-3-2-4-9-16/h2*2-13,21H,14-15H2,1H3/t2*21-/m11/s1. The monoisotopic (exact) mass is 786 g/mol. The molecule has 50 heavy (non-hydrogen) atoms. The first-order valence-electron chi connectivity index (χ1n) is 17.0. The SMILES string of the molecule is CN1Cc2ccccc2-c2cccc(Br)c2O[C@@H](c2ccccc2)C1.CN1Cc2ccccc2-c2cccc(Br)c2O[C@@H](c2ccccc2)C1. The van der Waals surface area contributed by atoms with Crippen LogP contribution >= 0.6 is 31.9 Å². The lowest BCUT2D eigenvalue weighted by atomic mass is 9.98. The number of hydrogen-bond donors (Lipinski definition) is 0. The van der Waals surface area contributed by atoms with Crippen LogP contribution in [0.15, 0.2) is 155 Å². The second kappa shape index (κ2) is 15.8. The molecule has 8 rings (SSSR count). The summed E-state index contributed by atoms with van der Waals surface area (Å²) in [5, 5.41) is 0. The third kappa shape index (κ3) is 7.74. The lowest BCUT2D eigenvalue weighted by Gasteiger charge is -2.25. The van der Waals surface area contributed by atoms with Crippen LogP contribution in [0.2, 0.25) is 0 Å². The zero-order chi connectivity index (χ0) is 34.5. The second-order valence-electron chi connectivity index (χ2n) is 13.0. The van der Waals surface area contributed by atoms with Crippen LogP contribution in [0.25, 0.3) is 22.3 Å². The maximum Gasteiger partial charge on any atom is 0.142 e.